The third-order valence-corrected chi connectivity index (χ3v) is 4.20. The van der Waals surface area contributed by atoms with E-state index in [4.69, 9.17) is 0 Å². The molecule has 0 aliphatic rings. The van der Waals surface area contributed by atoms with Crippen molar-refractivity contribution in [1.82, 2.24) is 10.6 Å². The molecule has 0 spiro atoms. The normalized spacial score (nSPS) is 12.6. The van der Waals surface area contributed by atoms with Crippen molar-refractivity contribution in [2.24, 2.45) is 0 Å². The smallest absolute Gasteiger partial charge is 0.326 e. The number of rotatable bonds is 9. The first kappa shape index (κ1) is 21.1. The lowest BCUT2D eigenvalue weighted by Crippen LogP contribution is -2.52. The fourth-order valence-corrected chi connectivity index (χ4v) is 2.84. The highest BCUT2D eigenvalue weighted by atomic mass is 19.1. The van der Waals surface area contributed by atoms with Gasteiger partial charge in [-0.15, -0.1) is 0 Å². The van der Waals surface area contributed by atoms with Gasteiger partial charge in [0.2, 0.25) is 11.8 Å². The van der Waals surface area contributed by atoms with E-state index in [1.54, 1.807) is 6.07 Å². The Morgan fingerprint density at radius 2 is 1.64 bits per heavy atom. The summed E-state index contributed by atoms with van der Waals surface area (Å²) < 4.78 is 13.4. The van der Waals surface area contributed by atoms with Gasteiger partial charge in [-0.3, -0.25) is 9.59 Å². The van der Waals surface area contributed by atoms with Gasteiger partial charge >= 0.3 is 5.97 Å². The van der Waals surface area contributed by atoms with Gasteiger partial charge < -0.3 is 15.7 Å². The highest BCUT2D eigenvalue weighted by Crippen LogP contribution is 2.09. The number of amides is 2. The number of carboxylic acids is 1. The van der Waals surface area contributed by atoms with Crippen molar-refractivity contribution in [1.29, 1.82) is 0 Å². The van der Waals surface area contributed by atoms with Crippen molar-refractivity contribution >= 4 is 17.8 Å². The molecule has 0 aromatic heterocycles. The SMILES string of the molecule is CC(=O)N[C@H](Cc1cccc(F)c1)C(=O)N[C@H](CCc1ccccc1)C(=O)O. The Labute approximate surface area is 162 Å². The first-order chi connectivity index (χ1) is 13.3. The summed E-state index contributed by atoms with van der Waals surface area (Å²) in [5.41, 5.74) is 1.48. The van der Waals surface area contributed by atoms with E-state index >= 15 is 0 Å². The minimum Gasteiger partial charge on any atom is -0.480 e. The van der Waals surface area contributed by atoms with E-state index in [1.807, 2.05) is 30.3 Å². The zero-order chi connectivity index (χ0) is 20.5. The number of hydrogen-bond acceptors (Lipinski definition) is 3. The molecule has 0 heterocycles. The van der Waals surface area contributed by atoms with E-state index in [0.717, 1.165) is 5.56 Å². The van der Waals surface area contributed by atoms with E-state index in [9.17, 15) is 23.9 Å². The number of nitrogens with one attached hydrogen (secondary N) is 2. The zero-order valence-electron chi connectivity index (χ0n) is 15.5. The van der Waals surface area contributed by atoms with Crippen LogP contribution < -0.4 is 10.6 Å². The molecule has 148 valence electrons. The molecule has 7 heteroatoms. The molecule has 2 aromatic rings. The molecule has 0 fully saturated rings. The average Bonchev–Trinajstić information content (AvgIpc) is 2.64. The van der Waals surface area contributed by atoms with Crippen LogP contribution in [0.4, 0.5) is 4.39 Å². The van der Waals surface area contributed by atoms with Gasteiger partial charge in [-0.05, 0) is 36.1 Å². The van der Waals surface area contributed by atoms with Crippen molar-refractivity contribution < 1.29 is 23.9 Å². The summed E-state index contributed by atoms with van der Waals surface area (Å²) in [5.74, 6) is -2.67. The van der Waals surface area contributed by atoms with Gasteiger partial charge in [-0.25, -0.2) is 9.18 Å². The lowest BCUT2D eigenvalue weighted by atomic mass is 10.0. The lowest BCUT2D eigenvalue weighted by molar-refractivity contribution is -0.142. The van der Waals surface area contributed by atoms with Crippen LogP contribution in [0.2, 0.25) is 0 Å². The molecule has 2 atom stereocenters. The molecule has 0 bridgehead atoms. The minimum absolute atomic E-state index is 0.0498. The fourth-order valence-electron chi connectivity index (χ4n) is 2.84. The second kappa shape index (κ2) is 10.2. The monoisotopic (exact) mass is 386 g/mol. The molecule has 2 rings (SSSR count). The third-order valence-electron chi connectivity index (χ3n) is 4.20. The zero-order valence-corrected chi connectivity index (χ0v) is 15.5. The van der Waals surface area contributed by atoms with Crippen LogP contribution in [-0.2, 0) is 27.2 Å². The Kier molecular flexibility index (Phi) is 7.68. The number of carboxylic acid groups (broad SMARTS) is 1. The Bertz CT molecular complexity index is 826. The maximum atomic E-state index is 13.4. The molecule has 0 saturated carbocycles. The molecule has 0 aliphatic carbocycles. The van der Waals surface area contributed by atoms with Crippen LogP contribution >= 0.6 is 0 Å². The molecule has 28 heavy (non-hydrogen) atoms. The first-order valence-electron chi connectivity index (χ1n) is 8.94. The first-order valence-corrected chi connectivity index (χ1v) is 8.94. The molecular weight excluding hydrogens is 363 g/mol. The molecule has 6 nitrogen and oxygen atoms in total. The molecule has 0 radical (unpaired) electrons. The van der Waals surface area contributed by atoms with Gasteiger partial charge in [0.1, 0.15) is 17.9 Å². The van der Waals surface area contributed by atoms with Gasteiger partial charge in [0, 0.05) is 13.3 Å². The Balaban J connectivity index is 2.05. The van der Waals surface area contributed by atoms with Crippen LogP contribution in [0.5, 0.6) is 0 Å². The summed E-state index contributed by atoms with van der Waals surface area (Å²) in [5, 5.41) is 14.4. The van der Waals surface area contributed by atoms with Crippen LogP contribution in [0, 0.1) is 5.82 Å². The van der Waals surface area contributed by atoms with Crippen LogP contribution in [-0.4, -0.2) is 35.0 Å². The predicted molar refractivity (Wildman–Crippen MR) is 102 cm³/mol. The molecule has 0 unspecified atom stereocenters. The molecule has 0 aliphatic heterocycles. The Hall–Kier alpha value is -3.22. The van der Waals surface area contributed by atoms with Crippen molar-refractivity contribution in [2.75, 3.05) is 0 Å². The average molecular weight is 386 g/mol. The van der Waals surface area contributed by atoms with E-state index in [1.165, 1.54) is 25.1 Å². The largest absolute Gasteiger partial charge is 0.480 e. The summed E-state index contributed by atoms with van der Waals surface area (Å²) >= 11 is 0. The van der Waals surface area contributed by atoms with Crippen molar-refractivity contribution in [3.05, 3.63) is 71.5 Å². The summed E-state index contributed by atoms with van der Waals surface area (Å²) in [6.45, 7) is 1.26. The summed E-state index contributed by atoms with van der Waals surface area (Å²) in [4.78, 5) is 35.6. The second-order valence-corrected chi connectivity index (χ2v) is 6.51. The van der Waals surface area contributed by atoms with Gasteiger partial charge in [-0.2, -0.15) is 0 Å². The fraction of sp³-hybridized carbons (Fsp3) is 0.286. The van der Waals surface area contributed by atoms with Crippen molar-refractivity contribution in [2.45, 2.75) is 38.3 Å². The standard InChI is InChI=1S/C21H23FN2O4/c1-14(25)23-19(13-16-8-5-9-17(22)12-16)20(26)24-18(21(27)28)11-10-15-6-3-2-4-7-15/h2-9,12,18-19H,10-11,13H2,1H3,(H,23,25)(H,24,26)(H,27,28)/t18-,19-/m1/s1. The second-order valence-electron chi connectivity index (χ2n) is 6.51. The molecule has 3 N–H and O–H groups in total. The molecule has 2 aromatic carbocycles. The van der Waals surface area contributed by atoms with Gasteiger partial charge in [0.05, 0.1) is 0 Å². The van der Waals surface area contributed by atoms with E-state index in [2.05, 4.69) is 10.6 Å². The van der Waals surface area contributed by atoms with Crippen LogP contribution in [0.1, 0.15) is 24.5 Å². The van der Waals surface area contributed by atoms with E-state index in [0.29, 0.717) is 12.0 Å². The quantitative estimate of drug-likeness (QED) is 0.615. The lowest BCUT2D eigenvalue weighted by Gasteiger charge is -2.21. The predicted octanol–water partition coefficient (Wildman–Crippen LogP) is 2.08. The summed E-state index contributed by atoms with van der Waals surface area (Å²) in [7, 11) is 0. The van der Waals surface area contributed by atoms with Crippen LogP contribution in [0.3, 0.4) is 0 Å². The maximum absolute atomic E-state index is 13.4. The molecule has 0 saturated heterocycles. The number of benzene rings is 2. The molecular formula is C21H23FN2O4. The van der Waals surface area contributed by atoms with Crippen LogP contribution in [0.25, 0.3) is 0 Å². The van der Waals surface area contributed by atoms with Gasteiger partial charge in [0.25, 0.3) is 0 Å². The number of aryl methyl sites for hydroxylation is 1. The number of carbonyl (C=O) groups excluding carboxylic acids is 2. The van der Waals surface area contributed by atoms with E-state index < -0.39 is 35.7 Å². The number of carbonyl (C=O) groups is 3. The maximum Gasteiger partial charge on any atom is 0.326 e. The Morgan fingerprint density at radius 1 is 0.964 bits per heavy atom. The summed E-state index contributed by atoms with van der Waals surface area (Å²) in [6.07, 6.45) is 0.735. The van der Waals surface area contributed by atoms with Crippen molar-refractivity contribution in [3.8, 4) is 0 Å². The topological polar surface area (TPSA) is 95.5 Å². The molecule has 2 amide bonds. The highest BCUT2D eigenvalue weighted by Gasteiger charge is 2.26. The Morgan fingerprint density at radius 3 is 2.25 bits per heavy atom. The number of hydrogen-bond donors (Lipinski definition) is 3. The summed E-state index contributed by atoms with van der Waals surface area (Å²) in [6, 6.07) is 12.9. The van der Waals surface area contributed by atoms with Gasteiger partial charge in [0.15, 0.2) is 0 Å². The van der Waals surface area contributed by atoms with Gasteiger partial charge in [-0.1, -0.05) is 42.5 Å². The number of halogens is 1. The van der Waals surface area contributed by atoms with E-state index in [-0.39, 0.29) is 12.8 Å². The minimum atomic E-state index is -1.16. The van der Waals surface area contributed by atoms with Crippen LogP contribution in [0.15, 0.2) is 54.6 Å². The highest BCUT2D eigenvalue weighted by molar-refractivity contribution is 5.90. The third kappa shape index (κ3) is 6.83. The van der Waals surface area contributed by atoms with Crippen molar-refractivity contribution in [3.63, 3.8) is 0 Å². The number of aliphatic carboxylic acids is 1.